The first kappa shape index (κ1) is 21.7. The summed E-state index contributed by atoms with van der Waals surface area (Å²) in [6.45, 7) is 10.2. The monoisotopic (exact) mass is 438 g/mol. The van der Waals surface area contributed by atoms with Crippen molar-refractivity contribution >= 4 is 28.9 Å². The summed E-state index contributed by atoms with van der Waals surface area (Å²) in [5, 5.41) is 3.37. The van der Waals surface area contributed by atoms with Gasteiger partial charge in [-0.1, -0.05) is 0 Å². The molecule has 1 amide bonds. The number of nitrogens with one attached hydrogen (secondary N) is 1. The summed E-state index contributed by atoms with van der Waals surface area (Å²) in [6.07, 6.45) is 5.47. The van der Waals surface area contributed by atoms with Gasteiger partial charge in [0.25, 0.3) is 0 Å². The molecule has 1 saturated heterocycles. The number of rotatable bonds is 4. The van der Waals surface area contributed by atoms with Gasteiger partial charge in [0.15, 0.2) is 0 Å². The SMILES string of the molecule is COc1cc2nc(C)cn2cc1Nc1ccc(N2CCN(C(=O)OC(C)(C)C)CC2)nc1. The number of ether oxygens (including phenoxy) is 2. The summed E-state index contributed by atoms with van der Waals surface area (Å²) < 4.78 is 13.0. The van der Waals surface area contributed by atoms with Gasteiger partial charge in [-0.05, 0) is 39.8 Å². The van der Waals surface area contributed by atoms with Crippen molar-refractivity contribution in [2.24, 2.45) is 0 Å². The number of piperazine rings is 1. The van der Waals surface area contributed by atoms with Crippen LogP contribution in [0.25, 0.3) is 5.65 Å². The van der Waals surface area contributed by atoms with Crippen LogP contribution in [-0.2, 0) is 4.74 Å². The van der Waals surface area contributed by atoms with Gasteiger partial charge in [-0.25, -0.2) is 14.8 Å². The van der Waals surface area contributed by atoms with Crippen molar-refractivity contribution in [2.75, 3.05) is 43.5 Å². The minimum atomic E-state index is -0.484. The lowest BCUT2D eigenvalue weighted by atomic mass is 10.2. The van der Waals surface area contributed by atoms with Crippen LogP contribution in [0, 0.1) is 6.92 Å². The highest BCUT2D eigenvalue weighted by Crippen LogP contribution is 2.29. The molecule has 1 aliphatic rings. The summed E-state index contributed by atoms with van der Waals surface area (Å²) in [5.74, 6) is 1.59. The fourth-order valence-corrected chi connectivity index (χ4v) is 3.65. The first-order valence-electron chi connectivity index (χ1n) is 10.7. The average Bonchev–Trinajstić information content (AvgIpc) is 3.11. The molecule has 1 N–H and O–H groups in total. The molecule has 0 atom stereocenters. The van der Waals surface area contributed by atoms with Gasteiger partial charge in [0.2, 0.25) is 0 Å². The van der Waals surface area contributed by atoms with Gasteiger partial charge in [-0.2, -0.15) is 0 Å². The summed E-state index contributed by atoms with van der Waals surface area (Å²) >= 11 is 0. The number of aryl methyl sites for hydroxylation is 1. The zero-order chi connectivity index (χ0) is 22.9. The molecule has 0 radical (unpaired) electrons. The van der Waals surface area contributed by atoms with Crippen LogP contribution >= 0.6 is 0 Å². The number of hydrogen-bond acceptors (Lipinski definition) is 7. The molecule has 4 heterocycles. The maximum absolute atomic E-state index is 12.3. The Hall–Kier alpha value is -3.49. The van der Waals surface area contributed by atoms with Gasteiger partial charge in [-0.15, -0.1) is 0 Å². The maximum Gasteiger partial charge on any atom is 0.410 e. The number of methoxy groups -OCH3 is 1. The Bertz CT molecular complexity index is 1100. The minimum Gasteiger partial charge on any atom is -0.494 e. The summed E-state index contributed by atoms with van der Waals surface area (Å²) in [5.41, 5.74) is 2.99. The van der Waals surface area contributed by atoms with Gasteiger partial charge in [0, 0.05) is 44.6 Å². The van der Waals surface area contributed by atoms with Crippen LogP contribution in [0.4, 0.5) is 22.0 Å². The molecule has 0 spiro atoms. The second-order valence-corrected chi connectivity index (χ2v) is 8.89. The fraction of sp³-hybridized carbons (Fsp3) is 0.435. The topological polar surface area (TPSA) is 84.2 Å². The zero-order valence-electron chi connectivity index (χ0n) is 19.3. The molecule has 4 rings (SSSR count). The van der Waals surface area contributed by atoms with E-state index in [4.69, 9.17) is 9.47 Å². The van der Waals surface area contributed by atoms with Crippen molar-refractivity contribution in [3.8, 4) is 5.75 Å². The molecule has 9 heteroatoms. The third-order valence-electron chi connectivity index (χ3n) is 5.18. The van der Waals surface area contributed by atoms with Gasteiger partial charge < -0.3 is 29.0 Å². The number of amides is 1. The maximum atomic E-state index is 12.3. The van der Waals surface area contributed by atoms with E-state index in [1.165, 1.54) is 0 Å². The van der Waals surface area contributed by atoms with Gasteiger partial charge in [-0.3, -0.25) is 0 Å². The first-order valence-corrected chi connectivity index (χ1v) is 10.7. The standard InChI is InChI=1S/C23H30N6O3/c1-16-14-29-15-18(19(31-5)12-21(29)25-16)26-17-6-7-20(24-13-17)27-8-10-28(11-9-27)22(30)32-23(2,3)4/h6-7,12-15,26H,8-11H2,1-5H3. The molecule has 0 aromatic carbocycles. The predicted molar refractivity (Wildman–Crippen MR) is 124 cm³/mol. The predicted octanol–water partition coefficient (Wildman–Crippen LogP) is 3.85. The Kier molecular flexibility index (Phi) is 5.82. The molecule has 0 unspecified atom stereocenters. The number of anilines is 3. The number of imidazole rings is 1. The highest BCUT2D eigenvalue weighted by Gasteiger charge is 2.26. The molecule has 9 nitrogen and oxygen atoms in total. The fourth-order valence-electron chi connectivity index (χ4n) is 3.65. The van der Waals surface area contributed by atoms with Crippen LogP contribution in [0.3, 0.4) is 0 Å². The van der Waals surface area contributed by atoms with E-state index >= 15 is 0 Å². The van der Waals surface area contributed by atoms with Crippen molar-refractivity contribution in [3.63, 3.8) is 0 Å². The first-order chi connectivity index (χ1) is 15.2. The molecule has 0 saturated carbocycles. The Morgan fingerprint density at radius 1 is 1.12 bits per heavy atom. The van der Waals surface area contributed by atoms with Crippen molar-refractivity contribution < 1.29 is 14.3 Å². The Balaban J connectivity index is 1.40. The van der Waals surface area contributed by atoms with Crippen LogP contribution in [0.1, 0.15) is 26.5 Å². The summed E-state index contributed by atoms with van der Waals surface area (Å²) in [7, 11) is 1.64. The second-order valence-electron chi connectivity index (χ2n) is 8.89. The number of nitrogens with zero attached hydrogens (tertiary/aromatic N) is 5. The lowest BCUT2D eigenvalue weighted by Gasteiger charge is -2.36. The largest absolute Gasteiger partial charge is 0.494 e. The molecule has 1 fully saturated rings. The van der Waals surface area contributed by atoms with Crippen molar-refractivity contribution in [1.82, 2.24) is 19.3 Å². The Morgan fingerprint density at radius 3 is 2.50 bits per heavy atom. The number of carbonyl (C=O) groups excluding carboxylic acids is 1. The van der Waals surface area contributed by atoms with Gasteiger partial charge in [0.05, 0.1) is 30.4 Å². The smallest absolute Gasteiger partial charge is 0.410 e. The zero-order valence-corrected chi connectivity index (χ0v) is 19.3. The Morgan fingerprint density at radius 2 is 1.88 bits per heavy atom. The van der Waals surface area contributed by atoms with E-state index in [0.29, 0.717) is 31.9 Å². The number of aromatic nitrogens is 3. The lowest BCUT2D eigenvalue weighted by Crippen LogP contribution is -2.50. The lowest BCUT2D eigenvalue weighted by molar-refractivity contribution is 0.0240. The quantitative estimate of drug-likeness (QED) is 0.662. The minimum absolute atomic E-state index is 0.261. The third kappa shape index (κ3) is 4.87. The number of pyridine rings is 2. The van der Waals surface area contributed by atoms with Gasteiger partial charge in [0.1, 0.15) is 22.8 Å². The molecular weight excluding hydrogens is 408 g/mol. The molecule has 0 bridgehead atoms. The van der Waals surface area contributed by atoms with E-state index in [2.05, 4.69) is 20.2 Å². The molecule has 1 aliphatic heterocycles. The van der Waals surface area contributed by atoms with E-state index < -0.39 is 5.60 Å². The van der Waals surface area contributed by atoms with E-state index in [1.807, 2.05) is 62.7 Å². The van der Waals surface area contributed by atoms with Crippen LogP contribution < -0.4 is 15.0 Å². The highest BCUT2D eigenvalue weighted by atomic mass is 16.6. The number of hydrogen-bond donors (Lipinski definition) is 1. The molecule has 3 aromatic heterocycles. The van der Waals surface area contributed by atoms with E-state index in [0.717, 1.165) is 28.5 Å². The van der Waals surface area contributed by atoms with Crippen LogP contribution in [-0.4, -0.2) is 64.3 Å². The van der Waals surface area contributed by atoms with Crippen molar-refractivity contribution in [3.05, 3.63) is 42.5 Å². The average molecular weight is 439 g/mol. The highest BCUT2D eigenvalue weighted by molar-refractivity contribution is 5.70. The third-order valence-corrected chi connectivity index (χ3v) is 5.18. The molecular formula is C23H30N6O3. The molecule has 3 aromatic rings. The molecule has 170 valence electrons. The van der Waals surface area contributed by atoms with E-state index in [1.54, 1.807) is 18.2 Å². The number of fused-ring (bicyclic) bond motifs is 1. The van der Waals surface area contributed by atoms with Crippen molar-refractivity contribution in [1.29, 1.82) is 0 Å². The molecule has 32 heavy (non-hydrogen) atoms. The van der Waals surface area contributed by atoms with Gasteiger partial charge >= 0.3 is 6.09 Å². The Labute approximate surface area is 188 Å². The van der Waals surface area contributed by atoms with Crippen LogP contribution in [0.5, 0.6) is 5.75 Å². The summed E-state index contributed by atoms with van der Waals surface area (Å²) in [4.78, 5) is 25.3. The van der Waals surface area contributed by atoms with Crippen molar-refractivity contribution in [2.45, 2.75) is 33.3 Å². The number of carbonyl (C=O) groups is 1. The van der Waals surface area contributed by atoms with Crippen LogP contribution in [0.15, 0.2) is 36.8 Å². The second kappa shape index (κ2) is 8.57. The summed E-state index contributed by atoms with van der Waals surface area (Å²) in [6, 6.07) is 5.88. The molecule has 0 aliphatic carbocycles. The van der Waals surface area contributed by atoms with Crippen LogP contribution in [0.2, 0.25) is 0 Å². The van der Waals surface area contributed by atoms with E-state index in [9.17, 15) is 4.79 Å². The van der Waals surface area contributed by atoms with E-state index in [-0.39, 0.29) is 6.09 Å². The normalized spacial score (nSPS) is 14.5.